The van der Waals surface area contributed by atoms with Gasteiger partial charge in [0.2, 0.25) is 11.8 Å². The normalized spacial score (nSPS) is 18.4. The number of unbranched alkanes of at least 4 members (excludes halogenated alkanes) is 1. The van der Waals surface area contributed by atoms with Crippen molar-refractivity contribution in [3.05, 3.63) is 35.6 Å². The number of nitrogens with one attached hydrogen (secondary N) is 3. The number of ketones is 3. The zero-order valence-corrected chi connectivity index (χ0v) is 29.9. The van der Waals surface area contributed by atoms with Gasteiger partial charge in [-0.25, -0.2) is 0 Å². The third-order valence-corrected chi connectivity index (χ3v) is 9.37. The molecule has 43 heavy (non-hydrogen) atoms. The molecule has 0 saturated carbocycles. The second-order valence-corrected chi connectivity index (χ2v) is 13.0. The summed E-state index contributed by atoms with van der Waals surface area (Å²) >= 11 is 0. The number of Topliss-reactive ketones (excluding diaryl/α,β-unsaturated/α-hetero) is 3. The van der Waals surface area contributed by atoms with Gasteiger partial charge in [0.1, 0.15) is 18.1 Å². The van der Waals surface area contributed by atoms with Gasteiger partial charge in [-0.3, -0.25) is 19.2 Å². The van der Waals surface area contributed by atoms with Crippen molar-refractivity contribution in [2.24, 2.45) is 17.6 Å². The Morgan fingerprint density at radius 1 is 1.14 bits per heavy atom. The summed E-state index contributed by atoms with van der Waals surface area (Å²) in [4.78, 5) is 62.8. The number of rotatable bonds is 19. The summed E-state index contributed by atoms with van der Waals surface area (Å²) in [6.07, 6.45) is 2.49. The van der Waals surface area contributed by atoms with E-state index in [-0.39, 0.29) is 113 Å². The van der Waals surface area contributed by atoms with Crippen LogP contribution in [-0.2, 0) is 35.1 Å². The van der Waals surface area contributed by atoms with Gasteiger partial charge in [0, 0.05) is 43.6 Å². The molecule has 1 aliphatic heterocycles. The van der Waals surface area contributed by atoms with Crippen molar-refractivity contribution in [3.8, 4) is 5.75 Å². The molecule has 14 heteroatoms. The molecule has 0 spiro atoms. The van der Waals surface area contributed by atoms with Crippen LogP contribution in [0.4, 0.5) is 0 Å². The molecule has 1 aromatic rings. The van der Waals surface area contributed by atoms with E-state index in [9.17, 15) is 29.1 Å². The molecule has 234 valence electrons. The third-order valence-electron chi connectivity index (χ3n) is 6.88. The first-order chi connectivity index (χ1) is 20.1. The Labute approximate surface area is 304 Å². The van der Waals surface area contributed by atoms with Crippen LogP contribution in [0.2, 0.25) is 0 Å². The number of carbonyl (C=O) groups is 5. The maximum absolute atomic E-state index is 13.4. The second-order valence-electron chi connectivity index (χ2n) is 10.4. The topological polar surface area (TPSA) is 189 Å². The fraction of sp³-hybridized carbons (Fsp3) is 0.621. The Balaban J connectivity index is 0.00000924. The number of phenols is 1. The van der Waals surface area contributed by atoms with Gasteiger partial charge in [-0.05, 0) is 55.6 Å². The molecule has 4 atom stereocenters. The average Bonchev–Trinajstić information content (AvgIpc) is 2.95. The standard InChI is InChI=1S/C29H43N4O7S2.K/c1-2-11-40-16-28(38)32-10-4-3-5-24(33-15-27(37)21-14-25(35)23(30)18-42-41-17-21)26(36)13-20(29(31)39)12-19-6-8-22(34)9-7-19;/h6-9,20-21,23-24,30,33-34H,2-5,10-18H2,1H3,(H2,31,39)(H,32,38);/q-1;+1/t20-,21+,23+,24+;/m1./s1. The van der Waals surface area contributed by atoms with Crippen LogP contribution >= 0.6 is 21.6 Å². The maximum Gasteiger partial charge on any atom is 1.00 e. The van der Waals surface area contributed by atoms with E-state index in [2.05, 4.69) is 10.6 Å². The number of hydrogen-bond acceptors (Lipinski definition) is 10. The predicted octanol–water partition coefficient (Wildman–Crippen LogP) is -0.369. The number of primary amides is 1. The van der Waals surface area contributed by atoms with E-state index in [1.807, 2.05) is 6.92 Å². The van der Waals surface area contributed by atoms with Crippen molar-refractivity contribution >= 4 is 50.8 Å². The Morgan fingerprint density at radius 2 is 1.84 bits per heavy atom. The van der Waals surface area contributed by atoms with E-state index in [4.69, 9.17) is 16.2 Å². The Bertz CT molecular complexity index is 1050. The van der Waals surface area contributed by atoms with Crippen LogP contribution in [-0.4, -0.2) is 84.2 Å². The minimum absolute atomic E-state index is 0. The smallest absolute Gasteiger partial charge is 0.668 e. The fourth-order valence-corrected chi connectivity index (χ4v) is 6.83. The molecule has 1 aliphatic rings. The van der Waals surface area contributed by atoms with Gasteiger partial charge < -0.3 is 36.7 Å². The van der Waals surface area contributed by atoms with Crippen molar-refractivity contribution in [2.45, 2.75) is 64.0 Å². The van der Waals surface area contributed by atoms with Gasteiger partial charge in [0.25, 0.3) is 0 Å². The molecule has 1 heterocycles. The molecule has 0 aliphatic carbocycles. The first-order valence-electron chi connectivity index (χ1n) is 14.3. The number of benzene rings is 1. The van der Waals surface area contributed by atoms with Crippen LogP contribution in [0.1, 0.15) is 51.0 Å². The molecule has 0 unspecified atom stereocenters. The molecule has 11 nitrogen and oxygen atoms in total. The van der Waals surface area contributed by atoms with Crippen molar-refractivity contribution < 1.29 is 85.2 Å². The molecular formula is C29H43KN4O7S2. The molecule has 0 bridgehead atoms. The Hall–Kier alpha value is -0.814. The number of ether oxygens (including phenoxy) is 1. The molecule has 2 amide bonds. The van der Waals surface area contributed by atoms with Crippen molar-refractivity contribution in [1.82, 2.24) is 10.6 Å². The summed E-state index contributed by atoms with van der Waals surface area (Å²) in [6, 6.07) is 4.76. The summed E-state index contributed by atoms with van der Waals surface area (Å²) < 4.78 is 5.22. The SMILES string of the molecule is CCCOCC(=O)NCCCC[C@H](NCC(=O)[C@@H]1CSSC[C@H]([NH-])C(=O)C1)C(=O)C[C@@H](Cc1ccc(O)cc1)C(N)=O.[K+]. The van der Waals surface area contributed by atoms with Crippen molar-refractivity contribution in [2.75, 3.05) is 37.8 Å². The van der Waals surface area contributed by atoms with Gasteiger partial charge in [0.15, 0.2) is 11.6 Å². The van der Waals surface area contributed by atoms with Gasteiger partial charge in [0.05, 0.1) is 12.6 Å². The summed E-state index contributed by atoms with van der Waals surface area (Å²) in [6.45, 7) is 2.75. The van der Waals surface area contributed by atoms with Crippen molar-refractivity contribution in [1.29, 1.82) is 0 Å². The average molecular weight is 663 g/mol. The largest absolute Gasteiger partial charge is 1.00 e. The summed E-state index contributed by atoms with van der Waals surface area (Å²) in [7, 11) is 2.88. The summed E-state index contributed by atoms with van der Waals surface area (Å²) in [5.41, 5.74) is 14.3. The van der Waals surface area contributed by atoms with E-state index < -0.39 is 29.8 Å². The number of phenolic OH excluding ortho intramolecular Hbond substituents is 1. The number of carbonyl (C=O) groups excluding carboxylic acids is 5. The van der Waals surface area contributed by atoms with Crippen LogP contribution in [0.3, 0.4) is 0 Å². The predicted molar refractivity (Wildman–Crippen MR) is 165 cm³/mol. The van der Waals surface area contributed by atoms with Gasteiger partial charge in [-0.2, -0.15) is 0 Å². The van der Waals surface area contributed by atoms with Gasteiger partial charge in [-0.15, -0.1) is 0 Å². The van der Waals surface area contributed by atoms with E-state index in [1.165, 1.54) is 33.7 Å². The number of aromatic hydroxyl groups is 1. The van der Waals surface area contributed by atoms with Crippen molar-refractivity contribution in [3.63, 3.8) is 0 Å². The van der Waals surface area contributed by atoms with E-state index >= 15 is 0 Å². The third kappa shape index (κ3) is 16.4. The number of hydrogen-bond donors (Lipinski definition) is 4. The van der Waals surface area contributed by atoms with Crippen LogP contribution in [0.5, 0.6) is 5.75 Å². The number of nitrogens with two attached hydrogens (primary N) is 1. The van der Waals surface area contributed by atoms with E-state index in [1.54, 1.807) is 12.1 Å². The van der Waals surface area contributed by atoms with Crippen LogP contribution in [0.25, 0.3) is 5.73 Å². The second kappa shape index (κ2) is 22.7. The molecule has 0 aromatic heterocycles. The molecule has 2 rings (SSSR count). The molecule has 6 N–H and O–H groups in total. The molecule has 1 saturated heterocycles. The Kier molecular flexibility index (Phi) is 21.2. The monoisotopic (exact) mass is 662 g/mol. The molecular weight excluding hydrogens is 620 g/mol. The van der Waals surface area contributed by atoms with Gasteiger partial charge >= 0.3 is 51.4 Å². The quantitative estimate of drug-likeness (QED) is 0.0865. The zero-order valence-electron chi connectivity index (χ0n) is 25.1. The number of amides is 2. The first kappa shape index (κ1) is 40.2. The first-order valence-corrected chi connectivity index (χ1v) is 16.8. The zero-order chi connectivity index (χ0) is 30.9. The minimum atomic E-state index is -0.849. The van der Waals surface area contributed by atoms with Gasteiger partial charge in [-0.1, -0.05) is 46.7 Å². The summed E-state index contributed by atoms with van der Waals surface area (Å²) in [5, 5.41) is 15.4. The van der Waals surface area contributed by atoms with Crippen LogP contribution in [0, 0.1) is 11.8 Å². The molecule has 0 radical (unpaired) electrons. The van der Waals surface area contributed by atoms with E-state index in [0.717, 1.165) is 12.0 Å². The van der Waals surface area contributed by atoms with Crippen LogP contribution in [0.15, 0.2) is 24.3 Å². The Morgan fingerprint density at radius 3 is 2.51 bits per heavy atom. The minimum Gasteiger partial charge on any atom is -0.668 e. The molecule has 1 aromatic carbocycles. The van der Waals surface area contributed by atoms with E-state index in [0.29, 0.717) is 43.9 Å². The summed E-state index contributed by atoms with van der Waals surface area (Å²) in [5.74, 6) is -1.90. The maximum atomic E-state index is 13.4. The molecule has 1 fully saturated rings. The van der Waals surface area contributed by atoms with Crippen LogP contribution < -0.4 is 67.8 Å². The fourth-order valence-electron chi connectivity index (χ4n) is 4.37.